The maximum atomic E-state index is 13.3. The monoisotopic (exact) mass is 430 g/mol. The number of hydrogen-bond acceptors (Lipinski definition) is 3. The number of benzene rings is 2. The summed E-state index contributed by atoms with van der Waals surface area (Å²) in [6, 6.07) is 12.2. The molecule has 1 aromatic heterocycles. The Balaban J connectivity index is 1.73. The summed E-state index contributed by atoms with van der Waals surface area (Å²) in [5.41, 5.74) is 2.69. The van der Waals surface area contributed by atoms with Crippen molar-refractivity contribution in [1.82, 2.24) is 8.87 Å². The van der Waals surface area contributed by atoms with Crippen LogP contribution in [0.3, 0.4) is 0 Å². The maximum Gasteiger partial charge on any atom is 0.307 e. The molecular weight excluding hydrogens is 407 g/mol. The van der Waals surface area contributed by atoms with E-state index in [2.05, 4.69) is 4.57 Å². The van der Waals surface area contributed by atoms with Crippen LogP contribution in [0.5, 0.6) is 0 Å². The number of carbonyl (C=O) groups is 1. The van der Waals surface area contributed by atoms with Crippen LogP contribution in [-0.4, -0.2) is 41.0 Å². The number of para-hydroxylation sites is 1. The molecule has 1 aliphatic rings. The molecule has 1 unspecified atom stereocenters. The number of hydrogen-bond donors (Lipinski definition) is 1. The Morgan fingerprint density at radius 2 is 1.90 bits per heavy atom. The third kappa shape index (κ3) is 3.50. The summed E-state index contributed by atoms with van der Waals surface area (Å²) in [4.78, 5) is 11.5. The number of rotatable bonds is 6. The molecule has 0 bridgehead atoms. The quantitative estimate of drug-likeness (QED) is 0.650. The first kappa shape index (κ1) is 20.6. The van der Waals surface area contributed by atoms with Crippen LogP contribution in [0.15, 0.2) is 53.4 Å². The second kappa shape index (κ2) is 7.85. The second-order valence-electron chi connectivity index (χ2n) is 7.48. The Morgan fingerprint density at radius 3 is 2.57 bits per heavy atom. The number of halogens is 1. The van der Waals surface area contributed by atoms with Gasteiger partial charge in [0.1, 0.15) is 5.82 Å². The summed E-state index contributed by atoms with van der Waals surface area (Å²) in [6.07, 6.45) is 1.13. The van der Waals surface area contributed by atoms with Crippen LogP contribution in [0.1, 0.15) is 24.6 Å². The Hall–Kier alpha value is -2.71. The molecule has 0 amide bonds. The maximum absolute atomic E-state index is 13.3. The van der Waals surface area contributed by atoms with Crippen LogP contribution in [0.2, 0.25) is 0 Å². The van der Waals surface area contributed by atoms with Gasteiger partial charge >= 0.3 is 5.97 Å². The van der Waals surface area contributed by atoms with Gasteiger partial charge in [-0.3, -0.25) is 4.79 Å². The fraction of sp³-hybridized carbons (Fsp3) is 0.318. The highest BCUT2D eigenvalue weighted by molar-refractivity contribution is 7.89. The van der Waals surface area contributed by atoms with E-state index in [1.54, 1.807) is 6.92 Å². The molecule has 1 atom stereocenters. The van der Waals surface area contributed by atoms with Crippen molar-refractivity contribution in [3.63, 3.8) is 0 Å². The highest BCUT2D eigenvalue weighted by Gasteiger charge is 2.34. The topological polar surface area (TPSA) is 79.6 Å². The predicted octanol–water partition coefficient (Wildman–Crippen LogP) is 3.43. The summed E-state index contributed by atoms with van der Waals surface area (Å²) in [6.45, 7) is 2.53. The minimum absolute atomic E-state index is 0.0567. The van der Waals surface area contributed by atoms with Gasteiger partial charge in [-0.1, -0.05) is 25.1 Å². The predicted molar refractivity (Wildman–Crippen MR) is 111 cm³/mol. The van der Waals surface area contributed by atoms with Crippen LogP contribution in [-0.2, 0) is 34.2 Å². The van der Waals surface area contributed by atoms with E-state index >= 15 is 0 Å². The van der Waals surface area contributed by atoms with Crippen molar-refractivity contribution in [2.45, 2.75) is 43.7 Å². The van der Waals surface area contributed by atoms with Gasteiger partial charge in [0.25, 0.3) is 0 Å². The molecule has 0 fully saturated rings. The highest BCUT2D eigenvalue weighted by Crippen LogP contribution is 2.33. The normalized spacial score (nSPS) is 16.7. The van der Waals surface area contributed by atoms with E-state index in [9.17, 15) is 22.7 Å². The summed E-state index contributed by atoms with van der Waals surface area (Å²) in [5.74, 6) is -1.37. The average molecular weight is 431 g/mol. The molecule has 3 aromatic rings. The standard InChI is InChI=1S/C22H23FN2O4S/c1-2-25(30(28,29)17-10-7-15(23)8-11-17)16-9-12-21-19(13-22(26)27)18-5-3-4-6-20(18)24(21)14-16/h3-8,10-11,16H,2,9,12-14H2,1H3,(H,26,27). The van der Waals surface area contributed by atoms with Crippen molar-refractivity contribution in [1.29, 1.82) is 0 Å². The molecular formula is C22H23FN2O4S. The molecule has 0 spiro atoms. The fourth-order valence-corrected chi connectivity index (χ4v) is 6.13. The number of carboxylic acid groups (broad SMARTS) is 1. The Morgan fingerprint density at radius 1 is 1.20 bits per heavy atom. The van der Waals surface area contributed by atoms with Crippen molar-refractivity contribution in [3.05, 3.63) is 65.6 Å². The van der Waals surface area contributed by atoms with Crippen LogP contribution in [0.4, 0.5) is 4.39 Å². The van der Waals surface area contributed by atoms with Gasteiger partial charge in [0.15, 0.2) is 0 Å². The van der Waals surface area contributed by atoms with E-state index in [-0.39, 0.29) is 17.4 Å². The number of carboxylic acids is 1. The molecule has 0 aliphatic carbocycles. The lowest BCUT2D eigenvalue weighted by Crippen LogP contribution is -2.44. The van der Waals surface area contributed by atoms with Gasteiger partial charge in [-0.05, 0) is 48.7 Å². The van der Waals surface area contributed by atoms with Gasteiger partial charge in [0.05, 0.1) is 11.3 Å². The largest absolute Gasteiger partial charge is 0.481 e. The van der Waals surface area contributed by atoms with Crippen LogP contribution in [0.25, 0.3) is 10.9 Å². The Kier molecular flexibility index (Phi) is 5.38. The third-order valence-corrected chi connectivity index (χ3v) is 7.81. The number of nitrogens with zero attached hydrogens (tertiary/aromatic N) is 2. The number of fused-ring (bicyclic) bond motifs is 3. The van der Waals surface area contributed by atoms with Gasteiger partial charge in [0.2, 0.25) is 10.0 Å². The lowest BCUT2D eigenvalue weighted by Gasteiger charge is -2.34. The lowest BCUT2D eigenvalue weighted by atomic mass is 10.0. The van der Waals surface area contributed by atoms with Gasteiger partial charge in [-0.25, -0.2) is 12.8 Å². The van der Waals surface area contributed by atoms with E-state index in [0.717, 1.165) is 34.3 Å². The van der Waals surface area contributed by atoms with Gasteiger partial charge in [-0.15, -0.1) is 0 Å². The molecule has 8 heteroatoms. The van der Waals surface area contributed by atoms with Crippen molar-refractivity contribution >= 4 is 26.9 Å². The van der Waals surface area contributed by atoms with E-state index in [0.29, 0.717) is 25.9 Å². The molecule has 0 saturated carbocycles. The Bertz CT molecular complexity index is 1200. The first-order valence-corrected chi connectivity index (χ1v) is 11.3. The summed E-state index contributed by atoms with van der Waals surface area (Å²) in [7, 11) is -3.78. The highest BCUT2D eigenvalue weighted by atomic mass is 32.2. The molecule has 158 valence electrons. The zero-order valence-electron chi connectivity index (χ0n) is 16.6. The summed E-state index contributed by atoms with van der Waals surface area (Å²) >= 11 is 0. The SMILES string of the molecule is CCN(C1CCc2c(CC(=O)O)c3ccccc3n2C1)S(=O)(=O)c1ccc(F)cc1. The van der Waals surface area contributed by atoms with Crippen molar-refractivity contribution in [2.24, 2.45) is 0 Å². The number of likely N-dealkylation sites (N-methyl/N-ethyl adjacent to an activating group) is 1. The molecule has 4 rings (SSSR count). The lowest BCUT2D eigenvalue weighted by molar-refractivity contribution is -0.136. The van der Waals surface area contributed by atoms with Gasteiger partial charge in [0, 0.05) is 35.7 Å². The zero-order valence-corrected chi connectivity index (χ0v) is 17.4. The van der Waals surface area contributed by atoms with Crippen LogP contribution < -0.4 is 0 Å². The third-order valence-electron chi connectivity index (χ3n) is 5.77. The first-order chi connectivity index (χ1) is 14.3. The first-order valence-electron chi connectivity index (χ1n) is 9.91. The van der Waals surface area contributed by atoms with Crippen molar-refractivity contribution in [3.8, 4) is 0 Å². The minimum atomic E-state index is -3.78. The molecule has 1 aliphatic heterocycles. The number of sulfonamides is 1. The van der Waals surface area contributed by atoms with Gasteiger partial charge in [-0.2, -0.15) is 4.31 Å². The molecule has 2 aromatic carbocycles. The molecule has 0 saturated heterocycles. The smallest absolute Gasteiger partial charge is 0.307 e. The molecule has 0 radical (unpaired) electrons. The van der Waals surface area contributed by atoms with Crippen molar-refractivity contribution in [2.75, 3.05) is 6.54 Å². The number of aliphatic carboxylic acids is 1. The van der Waals surface area contributed by atoms with Crippen molar-refractivity contribution < 1.29 is 22.7 Å². The molecule has 6 nitrogen and oxygen atoms in total. The van der Waals surface area contributed by atoms with E-state index < -0.39 is 21.8 Å². The average Bonchev–Trinajstić information content (AvgIpc) is 3.02. The minimum Gasteiger partial charge on any atom is -0.481 e. The molecule has 1 N–H and O–H groups in total. The summed E-state index contributed by atoms with van der Waals surface area (Å²) < 4.78 is 43.2. The zero-order chi connectivity index (χ0) is 21.5. The van der Waals surface area contributed by atoms with E-state index in [1.807, 2.05) is 24.3 Å². The van der Waals surface area contributed by atoms with Crippen LogP contribution in [0, 0.1) is 5.82 Å². The van der Waals surface area contributed by atoms with E-state index in [1.165, 1.54) is 16.4 Å². The summed E-state index contributed by atoms with van der Waals surface area (Å²) in [5, 5.41) is 10.3. The van der Waals surface area contributed by atoms with E-state index in [4.69, 9.17) is 0 Å². The number of aromatic nitrogens is 1. The van der Waals surface area contributed by atoms with Gasteiger partial charge < -0.3 is 9.67 Å². The molecule has 30 heavy (non-hydrogen) atoms. The fourth-order valence-electron chi connectivity index (χ4n) is 4.48. The second-order valence-corrected chi connectivity index (χ2v) is 9.37. The van der Waals surface area contributed by atoms with Crippen LogP contribution >= 0.6 is 0 Å². The molecule has 2 heterocycles. The Labute approximate surface area is 174 Å².